The van der Waals surface area contributed by atoms with Crippen molar-refractivity contribution in [2.45, 2.75) is 82.3 Å². The van der Waals surface area contributed by atoms with Gasteiger partial charge in [0.2, 0.25) is 0 Å². The minimum Gasteiger partial charge on any atom is -0.378 e. The van der Waals surface area contributed by atoms with Gasteiger partial charge in [-0.3, -0.25) is 4.52 Å². The first-order valence-electron chi connectivity index (χ1n) is 10.5. The second kappa shape index (κ2) is 9.38. The third-order valence-electron chi connectivity index (χ3n) is 6.15. The van der Waals surface area contributed by atoms with Crippen LogP contribution in [0.5, 0.6) is 0 Å². The van der Waals surface area contributed by atoms with Crippen LogP contribution in [0.3, 0.4) is 0 Å². The van der Waals surface area contributed by atoms with Gasteiger partial charge in [-0.1, -0.05) is 38.0 Å². The predicted molar refractivity (Wildman–Crippen MR) is 109 cm³/mol. The van der Waals surface area contributed by atoms with Gasteiger partial charge in [-0.15, -0.1) is 0 Å². The van der Waals surface area contributed by atoms with Crippen molar-refractivity contribution >= 4 is 7.82 Å². The number of ether oxygens (including phenoxy) is 1. The van der Waals surface area contributed by atoms with Crippen LogP contribution < -0.4 is 5.73 Å². The fourth-order valence-electron chi connectivity index (χ4n) is 4.52. The van der Waals surface area contributed by atoms with Crippen molar-refractivity contribution in [1.29, 1.82) is 0 Å². The molecule has 2 aliphatic rings. The average molecular weight is 411 g/mol. The first-order valence-corrected chi connectivity index (χ1v) is 12.0. The Hall–Kier alpha value is -0.750. The summed E-state index contributed by atoms with van der Waals surface area (Å²) in [5.41, 5.74) is 9.74. The molecular formula is C21H34NO5P. The van der Waals surface area contributed by atoms with Gasteiger partial charge in [0, 0.05) is 12.1 Å². The maximum atomic E-state index is 11.0. The van der Waals surface area contributed by atoms with Gasteiger partial charge < -0.3 is 20.3 Å². The Balaban J connectivity index is 1.56. The van der Waals surface area contributed by atoms with Crippen molar-refractivity contribution in [2.75, 3.05) is 13.2 Å². The lowest BCUT2D eigenvalue weighted by molar-refractivity contribution is 0.0419. The van der Waals surface area contributed by atoms with Crippen LogP contribution in [0.25, 0.3) is 0 Å². The lowest BCUT2D eigenvalue weighted by atomic mass is 9.85. The molecule has 0 bridgehead atoms. The van der Waals surface area contributed by atoms with E-state index in [1.165, 1.54) is 29.5 Å². The van der Waals surface area contributed by atoms with Crippen molar-refractivity contribution < 1.29 is 23.6 Å². The molecule has 0 aromatic heterocycles. The van der Waals surface area contributed by atoms with Crippen molar-refractivity contribution in [1.82, 2.24) is 0 Å². The van der Waals surface area contributed by atoms with Crippen LogP contribution in [0.15, 0.2) is 18.2 Å². The van der Waals surface area contributed by atoms with E-state index in [-0.39, 0.29) is 6.61 Å². The highest BCUT2D eigenvalue weighted by molar-refractivity contribution is 7.46. The van der Waals surface area contributed by atoms with Crippen molar-refractivity contribution in [3.8, 4) is 0 Å². The minimum atomic E-state index is -4.48. The van der Waals surface area contributed by atoms with E-state index in [9.17, 15) is 4.57 Å². The summed E-state index contributed by atoms with van der Waals surface area (Å²) in [5, 5.41) is 0. The Bertz CT molecular complexity index is 706. The van der Waals surface area contributed by atoms with E-state index in [1.807, 2.05) is 0 Å². The normalized spacial score (nSPS) is 27.7. The zero-order valence-electron chi connectivity index (χ0n) is 16.8. The van der Waals surface area contributed by atoms with E-state index in [2.05, 4.69) is 29.6 Å². The molecular weight excluding hydrogens is 377 g/mol. The number of unbranched alkanes of at least 4 members (excludes halogenated alkanes) is 2. The smallest absolute Gasteiger partial charge is 0.378 e. The SMILES string of the molecule is CCCCCOC1CCc2cc([C@@H]3CC[C@](N)(COP(=O)(O)O)C3)ccc2C1. The number of hydrogen-bond acceptors (Lipinski definition) is 4. The Morgan fingerprint density at radius 3 is 2.82 bits per heavy atom. The van der Waals surface area contributed by atoms with Gasteiger partial charge in [0.1, 0.15) is 0 Å². The molecule has 1 fully saturated rings. The highest BCUT2D eigenvalue weighted by Crippen LogP contribution is 2.44. The first kappa shape index (κ1) is 21.9. The molecule has 3 atom stereocenters. The van der Waals surface area contributed by atoms with E-state index < -0.39 is 13.4 Å². The van der Waals surface area contributed by atoms with Gasteiger partial charge in [-0.05, 0) is 67.6 Å². The van der Waals surface area contributed by atoms with E-state index in [1.54, 1.807) is 0 Å². The second-order valence-corrected chi connectivity index (χ2v) is 9.78. The zero-order chi connectivity index (χ0) is 20.2. The summed E-state index contributed by atoms with van der Waals surface area (Å²) in [4.78, 5) is 17.9. The molecule has 7 heteroatoms. The zero-order valence-corrected chi connectivity index (χ0v) is 17.7. The molecule has 0 spiro atoms. The molecule has 2 aliphatic carbocycles. The van der Waals surface area contributed by atoms with Gasteiger partial charge in [-0.2, -0.15) is 0 Å². The van der Waals surface area contributed by atoms with Crippen LogP contribution in [0, 0.1) is 0 Å². The Morgan fingerprint density at radius 2 is 2.07 bits per heavy atom. The number of hydrogen-bond donors (Lipinski definition) is 3. The minimum absolute atomic E-state index is 0.101. The molecule has 6 nitrogen and oxygen atoms in total. The van der Waals surface area contributed by atoms with Crippen LogP contribution in [0.2, 0.25) is 0 Å². The standard InChI is InChI=1S/C21H34NO5P/c1-2-3-4-11-26-20-8-7-16-12-17(5-6-18(16)13-20)19-9-10-21(22,14-19)15-27-28(23,24)25/h5-6,12,19-20H,2-4,7-11,13-15,22H2,1H3,(H2,23,24,25)/t19-,20?,21-/m1/s1. The summed E-state index contributed by atoms with van der Waals surface area (Å²) >= 11 is 0. The lowest BCUT2D eigenvalue weighted by Crippen LogP contribution is -2.41. The van der Waals surface area contributed by atoms with Gasteiger partial charge in [-0.25, -0.2) is 4.57 Å². The molecule has 0 saturated heterocycles. The van der Waals surface area contributed by atoms with Crippen molar-refractivity contribution in [3.63, 3.8) is 0 Å². The number of rotatable bonds is 9. The highest BCUT2D eigenvalue weighted by Gasteiger charge is 2.38. The molecule has 0 aliphatic heterocycles. The number of benzene rings is 1. The van der Waals surface area contributed by atoms with Gasteiger partial charge >= 0.3 is 7.82 Å². The third kappa shape index (κ3) is 6.12. The first-order chi connectivity index (χ1) is 13.3. The van der Waals surface area contributed by atoms with Gasteiger partial charge in [0.25, 0.3) is 0 Å². The topological polar surface area (TPSA) is 102 Å². The molecule has 0 amide bonds. The molecule has 0 radical (unpaired) electrons. The third-order valence-corrected chi connectivity index (χ3v) is 6.62. The Labute approximate surface area is 168 Å². The summed E-state index contributed by atoms with van der Waals surface area (Å²) in [5.74, 6) is 0.318. The second-order valence-electron chi connectivity index (χ2n) is 8.54. The number of fused-ring (bicyclic) bond motifs is 1. The average Bonchev–Trinajstić information content (AvgIpc) is 3.05. The van der Waals surface area contributed by atoms with Crippen LogP contribution >= 0.6 is 7.82 Å². The van der Waals surface area contributed by atoms with Crippen LogP contribution in [0.1, 0.15) is 74.5 Å². The molecule has 1 saturated carbocycles. The summed E-state index contributed by atoms with van der Waals surface area (Å²) in [6.45, 7) is 2.97. The molecule has 3 rings (SSSR count). The monoisotopic (exact) mass is 411 g/mol. The summed E-state index contributed by atoms with van der Waals surface area (Å²) in [6, 6.07) is 6.73. The quantitative estimate of drug-likeness (QED) is 0.422. The molecule has 1 aromatic rings. The maximum absolute atomic E-state index is 11.0. The Morgan fingerprint density at radius 1 is 1.25 bits per heavy atom. The van der Waals surface area contributed by atoms with Crippen molar-refractivity contribution in [3.05, 3.63) is 34.9 Å². The van der Waals surface area contributed by atoms with Crippen LogP contribution in [-0.2, 0) is 26.7 Å². The molecule has 1 aromatic carbocycles. The molecule has 0 heterocycles. The van der Waals surface area contributed by atoms with Crippen molar-refractivity contribution in [2.24, 2.45) is 5.73 Å². The fourth-order valence-corrected chi connectivity index (χ4v) is 4.95. The molecule has 4 N–H and O–H groups in total. The summed E-state index contributed by atoms with van der Waals surface area (Å²) in [6.07, 6.45) is 9.36. The van der Waals surface area contributed by atoms with Crippen LogP contribution in [-0.4, -0.2) is 34.6 Å². The number of phosphoric acid groups is 1. The largest absolute Gasteiger partial charge is 0.469 e. The number of nitrogens with two attached hydrogens (primary N) is 1. The van der Waals surface area contributed by atoms with Gasteiger partial charge in [0.05, 0.1) is 12.7 Å². The highest BCUT2D eigenvalue weighted by atomic mass is 31.2. The molecule has 28 heavy (non-hydrogen) atoms. The van der Waals surface area contributed by atoms with E-state index in [0.717, 1.165) is 38.7 Å². The van der Waals surface area contributed by atoms with E-state index in [4.69, 9.17) is 20.3 Å². The van der Waals surface area contributed by atoms with E-state index in [0.29, 0.717) is 24.9 Å². The van der Waals surface area contributed by atoms with Crippen LogP contribution in [0.4, 0.5) is 0 Å². The number of aryl methyl sites for hydroxylation is 1. The van der Waals surface area contributed by atoms with Gasteiger partial charge in [0.15, 0.2) is 0 Å². The fraction of sp³-hybridized carbons (Fsp3) is 0.714. The maximum Gasteiger partial charge on any atom is 0.469 e. The van der Waals surface area contributed by atoms with E-state index >= 15 is 0 Å². The molecule has 158 valence electrons. The molecule has 1 unspecified atom stereocenters. The number of phosphoric ester groups is 1. The predicted octanol–water partition coefficient (Wildman–Crippen LogP) is 3.83. The Kier molecular flexibility index (Phi) is 7.35. The lowest BCUT2D eigenvalue weighted by Gasteiger charge is -2.27. The summed E-state index contributed by atoms with van der Waals surface area (Å²) in [7, 11) is -4.48. The summed E-state index contributed by atoms with van der Waals surface area (Å²) < 4.78 is 21.7.